The molecule has 0 radical (unpaired) electrons. The van der Waals surface area contributed by atoms with Gasteiger partial charge in [-0.25, -0.2) is 4.39 Å². The van der Waals surface area contributed by atoms with E-state index in [1.807, 2.05) is 16.7 Å². The first kappa shape index (κ1) is 19.0. The van der Waals surface area contributed by atoms with E-state index < -0.39 is 11.7 Å². The van der Waals surface area contributed by atoms with Crippen LogP contribution < -0.4 is 11.1 Å². The maximum absolute atomic E-state index is 13.4. The molecule has 22 heavy (non-hydrogen) atoms. The van der Waals surface area contributed by atoms with Crippen LogP contribution in [0.15, 0.2) is 29.3 Å². The Balaban J connectivity index is 0.00000242. The number of nitrogens with two attached hydrogens (primary N) is 1. The van der Waals surface area contributed by atoms with Gasteiger partial charge in [-0.3, -0.25) is 9.79 Å². The summed E-state index contributed by atoms with van der Waals surface area (Å²) >= 11 is 1.90. The van der Waals surface area contributed by atoms with E-state index in [1.165, 1.54) is 12.1 Å². The molecule has 1 aromatic rings. The van der Waals surface area contributed by atoms with E-state index in [4.69, 9.17) is 5.73 Å². The minimum atomic E-state index is -0.524. The van der Waals surface area contributed by atoms with Crippen LogP contribution in [0.4, 0.5) is 4.39 Å². The number of thioether (sulfide) groups is 1. The van der Waals surface area contributed by atoms with Crippen molar-refractivity contribution in [1.29, 1.82) is 0 Å². The van der Waals surface area contributed by atoms with Gasteiger partial charge in [0.15, 0.2) is 5.96 Å². The molecule has 2 rings (SSSR count). The molecule has 1 aliphatic rings. The van der Waals surface area contributed by atoms with Gasteiger partial charge in [0, 0.05) is 31.1 Å². The molecule has 0 aliphatic carbocycles. The Hall–Kier alpha value is -1.03. The highest BCUT2D eigenvalue weighted by atomic mass is 127. The van der Waals surface area contributed by atoms with E-state index in [0.29, 0.717) is 19.0 Å². The van der Waals surface area contributed by atoms with Crippen LogP contribution in [0, 0.1) is 5.82 Å². The summed E-state index contributed by atoms with van der Waals surface area (Å²) in [5.41, 5.74) is 5.94. The number of benzene rings is 1. The van der Waals surface area contributed by atoms with E-state index >= 15 is 0 Å². The van der Waals surface area contributed by atoms with Gasteiger partial charge in [-0.15, -0.1) is 24.0 Å². The fraction of sp³-hybridized carbons (Fsp3) is 0.429. The highest BCUT2D eigenvalue weighted by Gasteiger charge is 2.12. The third-order valence-corrected chi connectivity index (χ3v) is 4.07. The number of amides is 1. The Labute approximate surface area is 150 Å². The molecule has 5 nitrogen and oxygen atoms in total. The Kier molecular flexibility index (Phi) is 8.54. The average molecular weight is 438 g/mol. The maximum Gasteiger partial charge on any atom is 0.254 e. The van der Waals surface area contributed by atoms with Crippen molar-refractivity contribution in [2.75, 3.05) is 37.7 Å². The highest BCUT2D eigenvalue weighted by molar-refractivity contribution is 14.0. The first-order valence-corrected chi connectivity index (χ1v) is 7.99. The Bertz CT molecular complexity index is 523. The summed E-state index contributed by atoms with van der Waals surface area (Å²) in [6.45, 7) is 2.52. The molecule has 0 unspecified atom stereocenters. The second kappa shape index (κ2) is 9.88. The van der Waals surface area contributed by atoms with Crippen molar-refractivity contribution >= 4 is 47.6 Å². The van der Waals surface area contributed by atoms with Crippen molar-refractivity contribution in [3.63, 3.8) is 0 Å². The SMILES string of the molecule is I.NC(=NCCNC(=O)c1ccccc1F)N1CCSCC1. The van der Waals surface area contributed by atoms with E-state index in [2.05, 4.69) is 10.3 Å². The number of aliphatic imine (C=N–C) groups is 1. The second-order valence-electron chi connectivity index (χ2n) is 4.58. The zero-order valence-electron chi connectivity index (χ0n) is 12.1. The standard InChI is InChI=1S/C14H19FN4OS.HI/c15-12-4-2-1-3-11(12)13(20)17-5-6-18-14(16)19-7-9-21-10-8-19;/h1-4H,5-10H2,(H2,16,18)(H,17,20);1H. The summed E-state index contributed by atoms with van der Waals surface area (Å²) in [5.74, 6) is 1.66. The lowest BCUT2D eigenvalue weighted by Crippen LogP contribution is -2.43. The number of nitrogens with one attached hydrogen (secondary N) is 1. The van der Waals surface area contributed by atoms with Gasteiger partial charge in [-0.2, -0.15) is 11.8 Å². The largest absolute Gasteiger partial charge is 0.370 e. The van der Waals surface area contributed by atoms with Gasteiger partial charge in [0.05, 0.1) is 12.1 Å². The molecule has 3 N–H and O–H groups in total. The molecular weight excluding hydrogens is 418 g/mol. The summed E-state index contributed by atoms with van der Waals surface area (Å²) in [5, 5.41) is 2.63. The Morgan fingerprint density at radius 3 is 2.73 bits per heavy atom. The average Bonchev–Trinajstić information content (AvgIpc) is 2.52. The van der Waals surface area contributed by atoms with E-state index in [1.54, 1.807) is 12.1 Å². The normalized spacial score (nSPS) is 15.1. The summed E-state index contributed by atoms with van der Waals surface area (Å²) in [6.07, 6.45) is 0. The number of rotatable bonds is 4. The lowest BCUT2D eigenvalue weighted by Gasteiger charge is -2.27. The molecule has 1 aliphatic heterocycles. The molecule has 1 heterocycles. The summed E-state index contributed by atoms with van der Waals surface area (Å²) in [7, 11) is 0. The van der Waals surface area contributed by atoms with Gasteiger partial charge in [0.1, 0.15) is 5.82 Å². The predicted octanol–water partition coefficient (Wildman–Crippen LogP) is 1.54. The van der Waals surface area contributed by atoms with Crippen molar-refractivity contribution in [2.45, 2.75) is 0 Å². The van der Waals surface area contributed by atoms with E-state index in [9.17, 15) is 9.18 Å². The second-order valence-corrected chi connectivity index (χ2v) is 5.80. The van der Waals surface area contributed by atoms with Crippen LogP contribution in [0.25, 0.3) is 0 Å². The zero-order valence-corrected chi connectivity index (χ0v) is 15.3. The van der Waals surface area contributed by atoms with Crippen LogP contribution in [0.2, 0.25) is 0 Å². The first-order chi connectivity index (χ1) is 10.2. The monoisotopic (exact) mass is 438 g/mol. The minimum absolute atomic E-state index is 0. The maximum atomic E-state index is 13.4. The minimum Gasteiger partial charge on any atom is -0.370 e. The molecule has 8 heteroatoms. The summed E-state index contributed by atoms with van der Waals surface area (Å²) in [4.78, 5) is 18.0. The molecule has 122 valence electrons. The quantitative estimate of drug-likeness (QED) is 0.324. The number of carbonyl (C=O) groups is 1. The van der Waals surface area contributed by atoms with Gasteiger partial charge in [0.2, 0.25) is 0 Å². The van der Waals surface area contributed by atoms with Gasteiger partial charge in [-0.05, 0) is 12.1 Å². The van der Waals surface area contributed by atoms with Gasteiger partial charge < -0.3 is 16.0 Å². The lowest BCUT2D eigenvalue weighted by molar-refractivity contribution is 0.0951. The third-order valence-electron chi connectivity index (χ3n) is 3.12. The van der Waals surface area contributed by atoms with Gasteiger partial charge >= 0.3 is 0 Å². The van der Waals surface area contributed by atoms with Gasteiger partial charge in [-0.1, -0.05) is 12.1 Å². The smallest absolute Gasteiger partial charge is 0.254 e. The van der Waals surface area contributed by atoms with Crippen molar-refractivity contribution in [3.05, 3.63) is 35.6 Å². The van der Waals surface area contributed by atoms with Crippen LogP contribution in [0.5, 0.6) is 0 Å². The number of nitrogens with zero attached hydrogens (tertiary/aromatic N) is 2. The van der Waals surface area contributed by atoms with Crippen LogP contribution >= 0.6 is 35.7 Å². The van der Waals surface area contributed by atoms with Crippen LogP contribution in [-0.4, -0.2) is 54.5 Å². The molecular formula is C14H20FIN4OS. The van der Waals surface area contributed by atoms with Crippen molar-refractivity contribution in [3.8, 4) is 0 Å². The zero-order chi connectivity index (χ0) is 15.1. The molecule has 0 saturated carbocycles. The first-order valence-electron chi connectivity index (χ1n) is 6.84. The molecule has 0 bridgehead atoms. The Morgan fingerprint density at radius 1 is 1.36 bits per heavy atom. The van der Waals surface area contributed by atoms with E-state index in [0.717, 1.165) is 24.6 Å². The highest BCUT2D eigenvalue weighted by Crippen LogP contribution is 2.08. The number of guanidine groups is 1. The lowest BCUT2D eigenvalue weighted by atomic mass is 10.2. The molecule has 0 aromatic heterocycles. The molecule has 1 aromatic carbocycles. The van der Waals surface area contributed by atoms with Crippen molar-refractivity contribution in [2.24, 2.45) is 10.7 Å². The number of hydrogen-bond donors (Lipinski definition) is 2. The third kappa shape index (κ3) is 5.64. The Morgan fingerprint density at radius 2 is 2.05 bits per heavy atom. The topological polar surface area (TPSA) is 70.7 Å². The molecule has 1 amide bonds. The number of halogens is 2. The predicted molar refractivity (Wildman–Crippen MR) is 99.5 cm³/mol. The van der Waals surface area contributed by atoms with Crippen molar-refractivity contribution < 1.29 is 9.18 Å². The fourth-order valence-corrected chi connectivity index (χ4v) is 2.88. The van der Waals surface area contributed by atoms with Crippen LogP contribution in [0.1, 0.15) is 10.4 Å². The molecule has 1 saturated heterocycles. The number of hydrogen-bond acceptors (Lipinski definition) is 3. The van der Waals surface area contributed by atoms with E-state index in [-0.39, 0.29) is 29.5 Å². The molecule has 0 spiro atoms. The number of carbonyl (C=O) groups excluding carboxylic acids is 1. The molecule has 0 atom stereocenters. The summed E-state index contributed by atoms with van der Waals surface area (Å²) in [6, 6.07) is 5.89. The fourth-order valence-electron chi connectivity index (χ4n) is 1.97. The van der Waals surface area contributed by atoms with Crippen LogP contribution in [-0.2, 0) is 0 Å². The van der Waals surface area contributed by atoms with Gasteiger partial charge in [0.25, 0.3) is 5.91 Å². The van der Waals surface area contributed by atoms with Crippen molar-refractivity contribution in [1.82, 2.24) is 10.2 Å². The molecule has 1 fully saturated rings. The van der Waals surface area contributed by atoms with Crippen LogP contribution in [0.3, 0.4) is 0 Å². The summed E-state index contributed by atoms with van der Waals surface area (Å²) < 4.78 is 13.4.